The average Bonchev–Trinajstić information content (AvgIpc) is 2.76. The third kappa shape index (κ3) is 3.21. The van der Waals surface area contributed by atoms with Gasteiger partial charge in [0, 0.05) is 22.7 Å². The third-order valence-electron chi connectivity index (χ3n) is 2.19. The molecular formula is C13H13NO4. The van der Waals surface area contributed by atoms with Crippen LogP contribution in [0.3, 0.4) is 0 Å². The number of H-pyrrole nitrogens is 1. The van der Waals surface area contributed by atoms with Crippen LogP contribution >= 0.6 is 0 Å². The molecule has 5 heteroatoms. The number of carboxylic acids is 2. The summed E-state index contributed by atoms with van der Waals surface area (Å²) < 4.78 is 0. The third-order valence-corrected chi connectivity index (χ3v) is 2.19. The van der Waals surface area contributed by atoms with Gasteiger partial charge in [-0.1, -0.05) is 12.6 Å². The van der Waals surface area contributed by atoms with Gasteiger partial charge in [-0.15, -0.1) is 0 Å². The molecular weight excluding hydrogens is 234 g/mol. The molecule has 0 aliphatic carbocycles. The van der Waals surface area contributed by atoms with Gasteiger partial charge in [-0.3, -0.25) is 0 Å². The summed E-state index contributed by atoms with van der Waals surface area (Å²) in [5.74, 6) is -1.82. The van der Waals surface area contributed by atoms with Crippen LogP contribution in [0.5, 0.6) is 0 Å². The summed E-state index contributed by atoms with van der Waals surface area (Å²) in [6.45, 7) is 4.60. The van der Waals surface area contributed by atoms with Crippen LogP contribution in [0.4, 0.5) is 0 Å². The second kappa shape index (κ2) is 5.67. The summed E-state index contributed by atoms with van der Waals surface area (Å²) in [4.78, 5) is 23.2. The SMILES string of the molecule is C=C(C)C(=O)O.O=C(O)c1cccc2[nH]ccc12. The van der Waals surface area contributed by atoms with Crippen molar-refractivity contribution in [3.8, 4) is 0 Å². The Labute approximate surface area is 103 Å². The number of aromatic amines is 1. The maximum atomic E-state index is 10.7. The Morgan fingerprint density at radius 2 is 1.83 bits per heavy atom. The zero-order valence-electron chi connectivity index (χ0n) is 9.80. The highest BCUT2D eigenvalue weighted by Gasteiger charge is 2.06. The monoisotopic (exact) mass is 247 g/mol. The van der Waals surface area contributed by atoms with Gasteiger partial charge < -0.3 is 15.2 Å². The highest BCUT2D eigenvalue weighted by Crippen LogP contribution is 2.16. The van der Waals surface area contributed by atoms with E-state index >= 15 is 0 Å². The van der Waals surface area contributed by atoms with Crippen LogP contribution in [-0.4, -0.2) is 27.1 Å². The quantitative estimate of drug-likeness (QED) is 0.711. The fraction of sp³-hybridized carbons (Fsp3) is 0.0769. The van der Waals surface area contributed by atoms with E-state index in [0.717, 1.165) is 10.9 Å². The lowest BCUT2D eigenvalue weighted by Gasteiger charge is -1.94. The Morgan fingerprint density at radius 1 is 1.22 bits per heavy atom. The predicted molar refractivity (Wildman–Crippen MR) is 67.7 cm³/mol. The van der Waals surface area contributed by atoms with Crippen molar-refractivity contribution in [1.29, 1.82) is 0 Å². The van der Waals surface area contributed by atoms with E-state index in [-0.39, 0.29) is 5.57 Å². The number of fused-ring (bicyclic) bond motifs is 1. The van der Waals surface area contributed by atoms with E-state index in [1.807, 2.05) is 6.07 Å². The second-order valence-electron chi connectivity index (χ2n) is 3.64. The first kappa shape index (κ1) is 13.5. The van der Waals surface area contributed by atoms with Gasteiger partial charge in [-0.05, 0) is 25.1 Å². The molecule has 0 spiro atoms. The Kier molecular flexibility index (Phi) is 4.26. The molecule has 0 saturated carbocycles. The van der Waals surface area contributed by atoms with Crippen LogP contribution in [-0.2, 0) is 4.79 Å². The molecule has 2 rings (SSSR count). The summed E-state index contributed by atoms with van der Waals surface area (Å²) >= 11 is 0. The molecule has 3 N–H and O–H groups in total. The van der Waals surface area contributed by atoms with Gasteiger partial charge in [0.05, 0.1) is 5.56 Å². The molecule has 0 radical (unpaired) electrons. The molecule has 0 unspecified atom stereocenters. The van der Waals surface area contributed by atoms with E-state index < -0.39 is 11.9 Å². The summed E-state index contributed by atoms with van der Waals surface area (Å²) in [5.41, 5.74) is 1.37. The molecule has 18 heavy (non-hydrogen) atoms. The number of aliphatic carboxylic acids is 1. The predicted octanol–water partition coefficient (Wildman–Crippen LogP) is 2.51. The summed E-state index contributed by atoms with van der Waals surface area (Å²) in [6.07, 6.45) is 1.73. The van der Waals surface area contributed by atoms with Gasteiger partial charge in [0.2, 0.25) is 0 Å². The Morgan fingerprint density at radius 3 is 2.33 bits per heavy atom. The van der Waals surface area contributed by atoms with Crippen molar-refractivity contribution in [1.82, 2.24) is 4.98 Å². The maximum Gasteiger partial charge on any atom is 0.336 e. The molecule has 0 aliphatic rings. The van der Waals surface area contributed by atoms with Crippen molar-refractivity contribution in [2.75, 3.05) is 0 Å². The standard InChI is InChI=1S/C9H7NO2.C4H6O2/c11-9(12)7-2-1-3-8-6(7)4-5-10-8;1-3(2)4(5)6/h1-5,10H,(H,11,12);1H2,2H3,(H,5,6). The van der Waals surface area contributed by atoms with E-state index in [9.17, 15) is 9.59 Å². The molecule has 0 saturated heterocycles. The van der Waals surface area contributed by atoms with Crippen molar-refractivity contribution in [2.24, 2.45) is 0 Å². The normalized spacial score (nSPS) is 9.39. The van der Waals surface area contributed by atoms with Crippen LogP contribution in [0.25, 0.3) is 10.9 Å². The number of carboxylic acid groups (broad SMARTS) is 2. The summed E-state index contributed by atoms with van der Waals surface area (Å²) in [6, 6.07) is 6.93. The Hall–Kier alpha value is -2.56. The zero-order valence-corrected chi connectivity index (χ0v) is 9.80. The smallest absolute Gasteiger partial charge is 0.336 e. The van der Waals surface area contributed by atoms with E-state index in [1.165, 1.54) is 6.92 Å². The highest BCUT2D eigenvalue weighted by molar-refractivity contribution is 6.02. The molecule has 0 bridgehead atoms. The Bertz CT molecular complexity index is 586. The number of rotatable bonds is 2. The average molecular weight is 247 g/mol. The Balaban J connectivity index is 0.000000232. The number of benzene rings is 1. The van der Waals surface area contributed by atoms with Crippen molar-refractivity contribution in [2.45, 2.75) is 6.92 Å². The number of aromatic nitrogens is 1. The van der Waals surface area contributed by atoms with E-state index in [4.69, 9.17) is 10.2 Å². The first-order chi connectivity index (χ1) is 8.43. The molecule has 0 aliphatic heterocycles. The van der Waals surface area contributed by atoms with Crippen LogP contribution in [0.15, 0.2) is 42.6 Å². The van der Waals surface area contributed by atoms with Crippen molar-refractivity contribution in [3.63, 3.8) is 0 Å². The lowest BCUT2D eigenvalue weighted by molar-refractivity contribution is -0.132. The summed E-state index contributed by atoms with van der Waals surface area (Å²) in [7, 11) is 0. The largest absolute Gasteiger partial charge is 0.478 e. The lowest BCUT2D eigenvalue weighted by atomic mass is 10.1. The molecule has 94 valence electrons. The van der Waals surface area contributed by atoms with Gasteiger partial charge in [0.1, 0.15) is 0 Å². The molecule has 1 aromatic carbocycles. The molecule has 2 aromatic rings. The number of aromatic carboxylic acids is 1. The molecule has 0 amide bonds. The van der Waals surface area contributed by atoms with Crippen LogP contribution in [0, 0.1) is 0 Å². The molecule has 0 atom stereocenters. The van der Waals surface area contributed by atoms with Crippen LogP contribution < -0.4 is 0 Å². The topological polar surface area (TPSA) is 90.4 Å². The van der Waals surface area contributed by atoms with Crippen molar-refractivity contribution >= 4 is 22.8 Å². The number of hydrogen-bond acceptors (Lipinski definition) is 2. The van der Waals surface area contributed by atoms with Crippen LogP contribution in [0.2, 0.25) is 0 Å². The van der Waals surface area contributed by atoms with Crippen molar-refractivity contribution in [3.05, 3.63) is 48.2 Å². The number of nitrogens with one attached hydrogen (secondary N) is 1. The fourth-order valence-electron chi connectivity index (χ4n) is 1.27. The highest BCUT2D eigenvalue weighted by atomic mass is 16.4. The van der Waals surface area contributed by atoms with E-state index in [2.05, 4.69) is 11.6 Å². The van der Waals surface area contributed by atoms with E-state index in [1.54, 1.807) is 24.4 Å². The van der Waals surface area contributed by atoms with Gasteiger partial charge >= 0.3 is 11.9 Å². The molecule has 1 heterocycles. The zero-order chi connectivity index (χ0) is 13.7. The van der Waals surface area contributed by atoms with Gasteiger partial charge in [-0.25, -0.2) is 9.59 Å². The minimum atomic E-state index is -0.935. The lowest BCUT2D eigenvalue weighted by Crippen LogP contribution is -1.95. The first-order valence-corrected chi connectivity index (χ1v) is 5.11. The second-order valence-corrected chi connectivity index (χ2v) is 3.64. The van der Waals surface area contributed by atoms with Crippen molar-refractivity contribution < 1.29 is 19.8 Å². The summed E-state index contributed by atoms with van der Waals surface area (Å²) in [5, 5.41) is 17.4. The van der Waals surface area contributed by atoms with Gasteiger partial charge in [0.25, 0.3) is 0 Å². The molecule has 1 aromatic heterocycles. The minimum Gasteiger partial charge on any atom is -0.478 e. The minimum absolute atomic E-state index is 0.176. The van der Waals surface area contributed by atoms with E-state index in [0.29, 0.717) is 5.56 Å². The molecule has 5 nitrogen and oxygen atoms in total. The maximum absolute atomic E-state index is 10.7. The molecule has 0 fully saturated rings. The number of carbonyl (C=O) groups is 2. The van der Waals surface area contributed by atoms with Crippen LogP contribution in [0.1, 0.15) is 17.3 Å². The van der Waals surface area contributed by atoms with Gasteiger partial charge in [0.15, 0.2) is 0 Å². The first-order valence-electron chi connectivity index (χ1n) is 5.11. The van der Waals surface area contributed by atoms with Gasteiger partial charge in [-0.2, -0.15) is 0 Å². The fourth-order valence-corrected chi connectivity index (χ4v) is 1.27. The number of hydrogen-bond donors (Lipinski definition) is 3.